The maximum Gasteiger partial charge on any atom is 0.472 e. The van der Waals surface area contributed by atoms with Crippen molar-refractivity contribution in [2.24, 2.45) is 0 Å². The lowest BCUT2D eigenvalue weighted by atomic mass is 10.2. The van der Waals surface area contributed by atoms with Gasteiger partial charge in [-0.3, -0.25) is 14.5 Å². The monoisotopic (exact) mass is 348 g/mol. The van der Waals surface area contributed by atoms with Crippen LogP contribution in [0.2, 0.25) is 0 Å². The zero-order chi connectivity index (χ0) is 17.3. The van der Waals surface area contributed by atoms with E-state index in [4.69, 9.17) is 0 Å². The van der Waals surface area contributed by atoms with Gasteiger partial charge in [0, 0.05) is 22.9 Å². The molecular formula is C11H10F6N2O2S. The molecule has 0 saturated carbocycles. The van der Waals surface area contributed by atoms with Crippen LogP contribution in [0, 0.1) is 0 Å². The van der Waals surface area contributed by atoms with Crippen LogP contribution in [0.3, 0.4) is 0 Å². The third kappa shape index (κ3) is 4.36. The Morgan fingerprint density at radius 2 is 1.73 bits per heavy atom. The molecule has 1 unspecified atom stereocenters. The van der Waals surface area contributed by atoms with Crippen LogP contribution >= 0.6 is 0 Å². The van der Waals surface area contributed by atoms with Gasteiger partial charge in [0.05, 0.1) is 9.71 Å². The fraction of sp³-hybridized carbons (Fsp3) is 0.364. The zero-order valence-corrected chi connectivity index (χ0v) is 12.0. The number of alkyl halides is 6. The molecule has 0 fully saturated rings. The number of hydrogen-bond acceptors (Lipinski definition) is 3. The molecular weight excluding hydrogens is 338 g/mol. The average Bonchev–Trinajstić information content (AvgIpc) is 2.35. The number of nitrogens with one attached hydrogen (secondary N) is 1. The highest BCUT2D eigenvalue weighted by atomic mass is 32.2. The van der Waals surface area contributed by atoms with Crippen molar-refractivity contribution in [3.8, 4) is 0 Å². The summed E-state index contributed by atoms with van der Waals surface area (Å²) in [6.07, 6.45) is -8.34. The summed E-state index contributed by atoms with van der Waals surface area (Å²) < 4.78 is 86.9. The maximum atomic E-state index is 12.4. The number of amides is 1. The fourth-order valence-corrected chi connectivity index (χ4v) is 2.50. The number of carbonyl (C=O) groups is 1. The van der Waals surface area contributed by atoms with E-state index in [0.717, 1.165) is 25.4 Å². The van der Waals surface area contributed by atoms with Crippen LogP contribution in [0.5, 0.6) is 0 Å². The number of pyridine rings is 1. The second-order valence-corrected chi connectivity index (χ2v) is 6.76. The lowest BCUT2D eigenvalue weighted by Crippen LogP contribution is -2.42. The minimum absolute atomic E-state index is 0.0806. The Balaban J connectivity index is 3.19. The van der Waals surface area contributed by atoms with E-state index in [1.54, 1.807) is 0 Å². The first-order valence-corrected chi connectivity index (χ1v) is 7.47. The van der Waals surface area contributed by atoms with Crippen molar-refractivity contribution < 1.29 is 35.3 Å². The van der Waals surface area contributed by atoms with Gasteiger partial charge in [-0.2, -0.15) is 26.3 Å². The van der Waals surface area contributed by atoms with Gasteiger partial charge in [0.15, 0.2) is 0 Å². The Morgan fingerprint density at radius 1 is 1.18 bits per heavy atom. The van der Waals surface area contributed by atoms with Crippen molar-refractivity contribution in [1.82, 2.24) is 9.71 Å². The Kier molecular flexibility index (Phi) is 4.80. The number of rotatable bonds is 2. The van der Waals surface area contributed by atoms with Gasteiger partial charge in [0.2, 0.25) is 0 Å². The molecule has 0 saturated heterocycles. The molecule has 0 aliphatic heterocycles. The Morgan fingerprint density at radius 3 is 2.09 bits per heavy atom. The number of carbonyl (C=O) groups excluding carboxylic acids is 1. The van der Waals surface area contributed by atoms with E-state index >= 15 is 0 Å². The minimum Gasteiger partial charge on any atom is -0.275 e. The maximum absolute atomic E-state index is 12.4. The van der Waals surface area contributed by atoms with Gasteiger partial charge in [-0.25, -0.2) is 4.21 Å². The Labute approximate surface area is 121 Å². The lowest BCUT2D eigenvalue weighted by molar-refractivity contribution is -0.171. The number of halogens is 6. The van der Waals surface area contributed by atoms with E-state index in [1.807, 2.05) is 0 Å². The number of hydrogen-bond donors (Lipinski definition) is 1. The van der Waals surface area contributed by atoms with E-state index in [-0.39, 0.29) is 10.4 Å². The van der Waals surface area contributed by atoms with Crippen molar-refractivity contribution in [3.05, 3.63) is 29.6 Å². The molecule has 4 nitrogen and oxygen atoms in total. The first-order chi connectivity index (χ1) is 9.75. The van der Waals surface area contributed by atoms with Crippen molar-refractivity contribution in [1.29, 1.82) is 0 Å². The van der Waals surface area contributed by atoms with Crippen molar-refractivity contribution in [2.75, 3.05) is 6.26 Å². The molecule has 0 bridgehead atoms. The molecule has 0 aliphatic carbocycles. The highest BCUT2D eigenvalue weighted by Gasteiger charge is 2.40. The molecule has 124 valence electrons. The van der Waals surface area contributed by atoms with Crippen molar-refractivity contribution in [3.63, 3.8) is 0 Å². The second kappa shape index (κ2) is 5.78. The van der Waals surface area contributed by atoms with E-state index in [2.05, 4.69) is 4.98 Å². The van der Waals surface area contributed by atoms with Crippen LogP contribution in [-0.2, 0) is 20.7 Å². The van der Waals surface area contributed by atoms with Gasteiger partial charge < -0.3 is 0 Å². The van der Waals surface area contributed by atoms with Crippen LogP contribution in [0.4, 0.5) is 26.3 Å². The standard InChI is InChI=1S/C11H10F6N2O2S/c1-6(22(2,21)19-9(20)11(15,16)17)7-3-4-8(18-5-7)10(12,13)14/h3-5H,1-2H3,(H,19,20,21). The first-order valence-electron chi connectivity index (χ1n) is 5.50. The summed E-state index contributed by atoms with van der Waals surface area (Å²) in [6, 6.07) is 1.51. The molecule has 0 radical (unpaired) electrons. The van der Waals surface area contributed by atoms with Gasteiger partial charge >= 0.3 is 18.3 Å². The minimum atomic E-state index is -5.22. The third-order valence-electron chi connectivity index (χ3n) is 2.59. The van der Waals surface area contributed by atoms with Crippen molar-refractivity contribution >= 4 is 20.5 Å². The normalized spacial score (nSPS) is 15.1. The smallest absolute Gasteiger partial charge is 0.275 e. The van der Waals surface area contributed by atoms with E-state index in [1.165, 1.54) is 4.72 Å². The van der Waals surface area contributed by atoms with Crippen LogP contribution < -0.4 is 4.72 Å². The van der Waals surface area contributed by atoms with Gasteiger partial charge in [-0.05, 0) is 13.0 Å². The van der Waals surface area contributed by atoms with Gasteiger partial charge in [-0.1, -0.05) is 6.07 Å². The topological polar surface area (TPSA) is 59.1 Å². The largest absolute Gasteiger partial charge is 0.472 e. The summed E-state index contributed by atoms with van der Waals surface area (Å²) in [5.41, 5.74) is -1.28. The summed E-state index contributed by atoms with van der Waals surface area (Å²) in [5.74, 6) is -2.40. The van der Waals surface area contributed by atoms with Gasteiger partial charge in [0.25, 0.3) is 0 Å². The quantitative estimate of drug-likeness (QED) is 0.506. The van der Waals surface area contributed by atoms with Crippen LogP contribution in [0.15, 0.2) is 18.3 Å². The summed E-state index contributed by atoms with van der Waals surface area (Å²) in [7, 11) is -3.62. The fourth-order valence-electron chi connectivity index (χ4n) is 1.31. The Hall–Kier alpha value is -1.78. The number of nitrogens with zero attached hydrogens (tertiary/aromatic N) is 1. The predicted molar refractivity (Wildman–Crippen MR) is 67.3 cm³/mol. The molecule has 1 atom stereocenters. The molecule has 1 amide bonds. The lowest BCUT2D eigenvalue weighted by Gasteiger charge is -2.14. The second-order valence-electron chi connectivity index (χ2n) is 4.26. The molecule has 0 aromatic carbocycles. The average molecular weight is 348 g/mol. The van der Waals surface area contributed by atoms with Gasteiger partial charge in [-0.15, -0.1) is 0 Å². The highest BCUT2D eigenvalue weighted by molar-refractivity contribution is 8.00. The predicted octanol–water partition coefficient (Wildman–Crippen LogP) is 2.15. The SMILES string of the molecule is CC(c1ccc(C(F)(F)F)nc1)=S(C)(=O)NC(=O)C(F)(F)F. The van der Waals surface area contributed by atoms with Crippen LogP contribution in [0.1, 0.15) is 18.2 Å². The summed E-state index contributed by atoms with van der Waals surface area (Å²) in [5, 5.41) is 0. The molecule has 11 heteroatoms. The molecule has 22 heavy (non-hydrogen) atoms. The van der Waals surface area contributed by atoms with E-state index < -0.39 is 33.7 Å². The molecule has 1 N–H and O–H groups in total. The van der Waals surface area contributed by atoms with Crippen molar-refractivity contribution in [2.45, 2.75) is 19.3 Å². The van der Waals surface area contributed by atoms with Gasteiger partial charge in [0.1, 0.15) is 5.69 Å². The first kappa shape index (κ1) is 18.3. The van der Waals surface area contributed by atoms with Crippen LogP contribution in [-0.4, -0.2) is 32.4 Å². The van der Waals surface area contributed by atoms with E-state index in [9.17, 15) is 35.3 Å². The molecule has 0 aliphatic rings. The highest BCUT2D eigenvalue weighted by Crippen LogP contribution is 2.27. The van der Waals surface area contributed by atoms with E-state index in [0.29, 0.717) is 6.07 Å². The number of aromatic nitrogens is 1. The summed E-state index contributed by atoms with van der Waals surface area (Å²) in [4.78, 5) is 13.7. The molecule has 1 aromatic heterocycles. The summed E-state index contributed by atoms with van der Waals surface area (Å²) >= 11 is 0. The molecule has 0 spiro atoms. The molecule has 1 heterocycles. The molecule has 1 rings (SSSR count). The van der Waals surface area contributed by atoms with Crippen LogP contribution in [0.25, 0.3) is 0 Å². The zero-order valence-electron chi connectivity index (χ0n) is 11.2. The Bertz CT molecular complexity index is 684. The third-order valence-corrected chi connectivity index (χ3v) is 4.57. The molecule has 1 aromatic rings. The summed E-state index contributed by atoms with van der Waals surface area (Å²) in [6.45, 7) is 1.13.